The first-order valence-corrected chi connectivity index (χ1v) is 10.7. The van der Waals surface area contributed by atoms with Crippen molar-refractivity contribution in [1.29, 1.82) is 0 Å². The van der Waals surface area contributed by atoms with Crippen LogP contribution in [-0.4, -0.2) is 73.7 Å². The van der Waals surface area contributed by atoms with Crippen molar-refractivity contribution in [2.75, 3.05) is 45.9 Å². The number of hydrogen-bond acceptors (Lipinski definition) is 4. The Kier molecular flexibility index (Phi) is 6.50. The minimum atomic E-state index is -3.42. The van der Waals surface area contributed by atoms with Crippen molar-refractivity contribution < 1.29 is 17.9 Å². The van der Waals surface area contributed by atoms with Gasteiger partial charge >= 0.3 is 0 Å². The van der Waals surface area contributed by atoms with E-state index in [0.717, 1.165) is 25.7 Å². The number of hydrogen-bond donors (Lipinski definition) is 0. The summed E-state index contributed by atoms with van der Waals surface area (Å²) in [4.78, 5) is 14.0. The summed E-state index contributed by atoms with van der Waals surface area (Å²) in [5, 5.41) is 0. The van der Waals surface area contributed by atoms with E-state index >= 15 is 0 Å². The molecule has 2 fully saturated rings. The van der Waals surface area contributed by atoms with E-state index in [-0.39, 0.29) is 12.5 Å². The molecule has 0 aromatic heterocycles. The fourth-order valence-electron chi connectivity index (χ4n) is 3.36. The molecule has 26 heavy (non-hydrogen) atoms. The van der Waals surface area contributed by atoms with Crippen LogP contribution in [0.5, 0.6) is 5.75 Å². The molecule has 144 valence electrons. The average molecular weight is 381 g/mol. The first-order valence-electron chi connectivity index (χ1n) is 9.28. The summed E-state index contributed by atoms with van der Waals surface area (Å²) in [7, 11) is -3.42. The highest BCUT2D eigenvalue weighted by molar-refractivity contribution is 7.86. The van der Waals surface area contributed by atoms with Gasteiger partial charge in [0.1, 0.15) is 5.75 Å². The third-order valence-electron chi connectivity index (χ3n) is 4.91. The van der Waals surface area contributed by atoms with Crippen molar-refractivity contribution in [2.24, 2.45) is 0 Å². The van der Waals surface area contributed by atoms with Crippen LogP contribution in [0, 0.1) is 0 Å². The predicted molar refractivity (Wildman–Crippen MR) is 99.1 cm³/mol. The van der Waals surface area contributed by atoms with Crippen LogP contribution in [-0.2, 0) is 15.0 Å². The van der Waals surface area contributed by atoms with Gasteiger partial charge in [0.2, 0.25) is 0 Å². The lowest BCUT2D eigenvalue weighted by atomic mass is 10.2. The lowest BCUT2D eigenvalue weighted by molar-refractivity contribution is -0.134. The first-order chi connectivity index (χ1) is 12.6. The minimum Gasteiger partial charge on any atom is -0.484 e. The molecule has 0 spiro atoms. The van der Waals surface area contributed by atoms with Gasteiger partial charge < -0.3 is 9.64 Å². The van der Waals surface area contributed by atoms with Gasteiger partial charge in [-0.1, -0.05) is 31.0 Å². The van der Waals surface area contributed by atoms with Gasteiger partial charge in [-0.15, -0.1) is 0 Å². The van der Waals surface area contributed by atoms with Gasteiger partial charge in [-0.05, 0) is 25.0 Å². The van der Waals surface area contributed by atoms with Crippen LogP contribution in [0.25, 0.3) is 0 Å². The molecule has 0 unspecified atom stereocenters. The van der Waals surface area contributed by atoms with Gasteiger partial charge in [-0.3, -0.25) is 4.79 Å². The molecule has 0 bridgehead atoms. The molecule has 0 atom stereocenters. The Balaban J connectivity index is 1.49. The lowest BCUT2D eigenvalue weighted by Gasteiger charge is -2.36. The topological polar surface area (TPSA) is 70.2 Å². The molecule has 1 aromatic rings. The van der Waals surface area contributed by atoms with E-state index < -0.39 is 10.2 Å². The average Bonchev–Trinajstić information content (AvgIpc) is 2.97. The number of carbonyl (C=O) groups excluding carboxylic acids is 1. The van der Waals surface area contributed by atoms with Crippen LogP contribution in [0.4, 0.5) is 0 Å². The molecule has 0 N–H and O–H groups in total. The van der Waals surface area contributed by atoms with Gasteiger partial charge in [-0.25, -0.2) is 0 Å². The second-order valence-corrected chi connectivity index (χ2v) is 8.63. The number of benzene rings is 1. The van der Waals surface area contributed by atoms with Gasteiger partial charge in [-0.2, -0.15) is 17.0 Å². The van der Waals surface area contributed by atoms with Crippen molar-refractivity contribution in [2.45, 2.75) is 25.7 Å². The molecular weight excluding hydrogens is 354 g/mol. The highest BCUT2D eigenvalue weighted by Gasteiger charge is 2.33. The van der Waals surface area contributed by atoms with Crippen LogP contribution in [0.1, 0.15) is 25.7 Å². The van der Waals surface area contributed by atoms with Crippen LogP contribution in [0.15, 0.2) is 30.3 Å². The number of piperazine rings is 1. The van der Waals surface area contributed by atoms with Gasteiger partial charge in [0.15, 0.2) is 6.61 Å². The Morgan fingerprint density at radius 3 is 2.04 bits per heavy atom. The van der Waals surface area contributed by atoms with E-state index in [1.807, 2.05) is 18.2 Å². The Morgan fingerprint density at radius 1 is 0.846 bits per heavy atom. The summed E-state index contributed by atoms with van der Waals surface area (Å²) in [5.74, 6) is 0.545. The van der Waals surface area contributed by atoms with E-state index in [9.17, 15) is 13.2 Å². The minimum absolute atomic E-state index is 0.0249. The first kappa shape index (κ1) is 19.1. The Labute approximate surface area is 155 Å². The van der Waals surface area contributed by atoms with Crippen molar-refractivity contribution in [3.8, 4) is 5.75 Å². The van der Waals surface area contributed by atoms with Gasteiger partial charge in [0.05, 0.1) is 0 Å². The molecule has 1 aromatic carbocycles. The van der Waals surface area contributed by atoms with E-state index in [4.69, 9.17) is 4.74 Å². The fourth-order valence-corrected chi connectivity index (χ4v) is 5.03. The third kappa shape index (κ3) is 4.75. The number of para-hydroxylation sites is 1. The molecule has 2 heterocycles. The summed E-state index contributed by atoms with van der Waals surface area (Å²) in [6.45, 7) is 2.68. The molecule has 0 aliphatic carbocycles. The maximum Gasteiger partial charge on any atom is 0.282 e. The molecular formula is C18H27N3O4S. The quantitative estimate of drug-likeness (QED) is 0.772. The van der Waals surface area contributed by atoms with Crippen molar-refractivity contribution in [3.63, 3.8) is 0 Å². The second-order valence-electron chi connectivity index (χ2n) is 6.70. The largest absolute Gasteiger partial charge is 0.484 e. The van der Waals surface area contributed by atoms with Crippen LogP contribution < -0.4 is 4.74 Å². The molecule has 2 aliphatic rings. The van der Waals surface area contributed by atoms with Gasteiger partial charge in [0.25, 0.3) is 16.1 Å². The summed E-state index contributed by atoms with van der Waals surface area (Å²) < 4.78 is 34.2. The zero-order chi connectivity index (χ0) is 18.4. The summed E-state index contributed by atoms with van der Waals surface area (Å²) in [5.41, 5.74) is 0. The molecule has 7 nitrogen and oxygen atoms in total. The molecule has 2 aliphatic heterocycles. The highest BCUT2D eigenvalue weighted by atomic mass is 32.2. The van der Waals surface area contributed by atoms with E-state index in [1.54, 1.807) is 21.3 Å². The smallest absolute Gasteiger partial charge is 0.282 e. The van der Waals surface area contributed by atoms with Crippen LogP contribution in [0.3, 0.4) is 0 Å². The zero-order valence-corrected chi connectivity index (χ0v) is 15.9. The van der Waals surface area contributed by atoms with Crippen molar-refractivity contribution in [1.82, 2.24) is 13.5 Å². The molecule has 1 amide bonds. The number of rotatable bonds is 5. The maximum absolute atomic E-state index is 12.8. The number of carbonyl (C=O) groups is 1. The summed E-state index contributed by atoms with van der Waals surface area (Å²) in [6, 6.07) is 9.20. The zero-order valence-electron chi connectivity index (χ0n) is 15.0. The number of ether oxygens (including phenoxy) is 1. The number of amides is 1. The van der Waals surface area contributed by atoms with E-state index in [2.05, 4.69) is 0 Å². The predicted octanol–water partition coefficient (Wildman–Crippen LogP) is 1.33. The SMILES string of the molecule is O=C(COc1ccccc1)N1CCN(S(=O)(=O)N2CCCCCC2)CC1. The summed E-state index contributed by atoms with van der Waals surface area (Å²) >= 11 is 0. The maximum atomic E-state index is 12.8. The lowest BCUT2D eigenvalue weighted by Crippen LogP contribution is -2.55. The monoisotopic (exact) mass is 381 g/mol. The summed E-state index contributed by atoms with van der Waals surface area (Å²) in [6.07, 6.45) is 4.04. The van der Waals surface area contributed by atoms with E-state index in [0.29, 0.717) is 45.0 Å². The molecule has 2 saturated heterocycles. The Morgan fingerprint density at radius 2 is 1.42 bits per heavy atom. The standard InChI is InChI=1S/C18H27N3O4S/c22-18(16-25-17-8-4-3-5-9-17)19-12-14-21(15-13-19)26(23,24)20-10-6-1-2-7-11-20/h3-5,8-9H,1-2,6-7,10-16H2. The van der Waals surface area contributed by atoms with Gasteiger partial charge in [0, 0.05) is 39.3 Å². The fraction of sp³-hybridized carbons (Fsp3) is 0.611. The Bertz CT molecular complexity index is 680. The van der Waals surface area contributed by atoms with Crippen LogP contribution >= 0.6 is 0 Å². The Hall–Kier alpha value is -1.64. The molecule has 0 saturated carbocycles. The van der Waals surface area contributed by atoms with Crippen molar-refractivity contribution in [3.05, 3.63) is 30.3 Å². The molecule has 0 radical (unpaired) electrons. The molecule has 3 rings (SSSR count). The van der Waals surface area contributed by atoms with Crippen molar-refractivity contribution >= 4 is 16.1 Å². The second kappa shape index (κ2) is 8.83. The molecule has 8 heteroatoms. The third-order valence-corrected chi connectivity index (χ3v) is 6.95. The highest BCUT2D eigenvalue weighted by Crippen LogP contribution is 2.18. The van der Waals surface area contributed by atoms with E-state index in [1.165, 1.54) is 4.31 Å². The number of nitrogens with zero attached hydrogens (tertiary/aromatic N) is 3. The van der Waals surface area contributed by atoms with Crippen LogP contribution in [0.2, 0.25) is 0 Å². The normalized spacial score (nSPS) is 20.5.